The number of carbonyl (C=O) groups excluding carboxylic acids is 1. The van der Waals surface area contributed by atoms with E-state index in [-0.39, 0.29) is 0 Å². The molecule has 36 heavy (non-hydrogen) atoms. The first kappa shape index (κ1) is 25.5. The average molecular weight is 514 g/mol. The van der Waals surface area contributed by atoms with Crippen molar-refractivity contribution in [2.24, 2.45) is 0 Å². The number of nitrogens with zero attached hydrogens (tertiary/aromatic N) is 1. The van der Waals surface area contributed by atoms with E-state index in [2.05, 4.69) is 46.0 Å². The molecule has 0 aromatic heterocycles. The summed E-state index contributed by atoms with van der Waals surface area (Å²) in [6.45, 7) is 0.515. The molecule has 0 radical (unpaired) electrons. The van der Waals surface area contributed by atoms with E-state index in [1.54, 1.807) is 12.1 Å². The maximum atomic E-state index is 10.9. The Hall–Kier alpha value is -3.58. The molecule has 4 aromatic carbocycles. The normalized spacial score (nSPS) is 11.4. The van der Waals surface area contributed by atoms with E-state index in [4.69, 9.17) is 9.47 Å². The van der Waals surface area contributed by atoms with Gasteiger partial charge < -0.3 is 9.47 Å². The Labute approximate surface area is 216 Å². The van der Waals surface area contributed by atoms with Crippen LogP contribution >= 0.6 is 19.3 Å². The van der Waals surface area contributed by atoms with Crippen LogP contribution in [0.1, 0.15) is 21.5 Å². The zero-order valence-corrected chi connectivity index (χ0v) is 22.3. The van der Waals surface area contributed by atoms with Gasteiger partial charge in [-0.05, 0) is 75.8 Å². The Morgan fingerprint density at radius 1 is 0.861 bits per heavy atom. The summed E-state index contributed by atoms with van der Waals surface area (Å²) >= 11 is 0. The van der Waals surface area contributed by atoms with Crippen molar-refractivity contribution in [2.75, 3.05) is 18.5 Å². The van der Waals surface area contributed by atoms with E-state index < -0.39 is 10.0 Å². The number of hydrogen-bond acceptors (Lipinski definition) is 4. The summed E-state index contributed by atoms with van der Waals surface area (Å²) in [5.74, 6) is 2.11. The van der Waals surface area contributed by atoms with Crippen molar-refractivity contribution < 1.29 is 14.3 Å². The van der Waals surface area contributed by atoms with Crippen LogP contribution in [0.5, 0.6) is 11.5 Å². The molecule has 0 saturated heterocycles. The minimum atomic E-state index is -1.31. The molecular weight excluding hydrogens is 485 g/mol. The summed E-state index contributed by atoms with van der Waals surface area (Å²) in [5, 5.41) is 10.9. The summed E-state index contributed by atoms with van der Waals surface area (Å²) < 4.78 is 12.0. The van der Waals surface area contributed by atoms with Crippen LogP contribution in [0.25, 0.3) is 11.1 Å². The first-order chi connectivity index (χ1) is 17.4. The smallest absolute Gasteiger partial charge is 0.150 e. The maximum Gasteiger partial charge on any atom is 0.150 e. The first-order valence-corrected chi connectivity index (χ1v) is 14.6. The van der Waals surface area contributed by atoms with Crippen molar-refractivity contribution in [1.29, 1.82) is 5.26 Å². The second kappa shape index (κ2) is 11.4. The second-order valence-electron chi connectivity index (χ2n) is 8.86. The molecular formula is C30H28NO3PS. The lowest BCUT2D eigenvalue weighted by Gasteiger charge is -2.31. The molecule has 0 fully saturated rings. The van der Waals surface area contributed by atoms with Gasteiger partial charge >= 0.3 is 0 Å². The van der Waals surface area contributed by atoms with Crippen molar-refractivity contribution in [3.05, 3.63) is 108 Å². The minimum Gasteiger partial charge on any atom is -0.489 e. The van der Waals surface area contributed by atoms with Gasteiger partial charge in [-0.15, -0.1) is 9.24 Å². The molecule has 4 aromatic rings. The third kappa shape index (κ3) is 6.34. The van der Waals surface area contributed by atoms with E-state index in [0.717, 1.165) is 44.7 Å². The molecule has 182 valence electrons. The molecule has 6 heteroatoms. The first-order valence-electron chi connectivity index (χ1n) is 11.4. The van der Waals surface area contributed by atoms with Crippen molar-refractivity contribution in [2.45, 2.75) is 11.5 Å². The van der Waals surface area contributed by atoms with Crippen LogP contribution in [0.2, 0.25) is 0 Å². The summed E-state index contributed by atoms with van der Waals surface area (Å²) in [6, 6.07) is 31.5. The molecule has 0 N–H and O–H groups in total. The molecule has 1 atom stereocenters. The van der Waals surface area contributed by atoms with Gasteiger partial charge in [-0.25, -0.2) is 0 Å². The molecule has 0 aliphatic rings. The quantitative estimate of drug-likeness (QED) is 0.187. The van der Waals surface area contributed by atoms with Gasteiger partial charge in [-0.3, -0.25) is 4.79 Å². The predicted molar refractivity (Wildman–Crippen MR) is 152 cm³/mol. The van der Waals surface area contributed by atoms with E-state index in [1.807, 2.05) is 60.7 Å². The highest BCUT2D eigenvalue weighted by Gasteiger charge is 2.18. The van der Waals surface area contributed by atoms with Crippen LogP contribution in [-0.2, 0) is 6.61 Å². The minimum absolute atomic E-state index is 0.515. The molecule has 0 heterocycles. The lowest BCUT2D eigenvalue weighted by atomic mass is 9.99. The SMILES string of the molecule is CS(C)(COc1ccc(OCc2ccc(P)cc2)cc1)c1ccc(-c2ccc(C=O)cc2)c(C#N)c1. The molecule has 1 unspecified atom stereocenters. The Kier molecular flexibility index (Phi) is 8.10. The van der Waals surface area contributed by atoms with Crippen molar-refractivity contribution in [3.63, 3.8) is 0 Å². The fraction of sp³-hybridized carbons (Fsp3) is 0.133. The fourth-order valence-corrected chi connectivity index (χ4v) is 5.28. The van der Waals surface area contributed by atoms with Crippen molar-refractivity contribution >= 4 is 30.9 Å². The van der Waals surface area contributed by atoms with Crippen LogP contribution in [0.15, 0.2) is 95.9 Å². The molecule has 4 rings (SSSR count). The average Bonchev–Trinajstić information content (AvgIpc) is 2.92. The molecule has 0 aliphatic heterocycles. The summed E-state index contributed by atoms with van der Waals surface area (Å²) in [5.41, 5.74) is 4.11. The van der Waals surface area contributed by atoms with Gasteiger partial charge in [0.1, 0.15) is 30.3 Å². The van der Waals surface area contributed by atoms with Gasteiger partial charge in [-0.1, -0.05) is 54.6 Å². The number of benzene rings is 4. The highest BCUT2D eigenvalue weighted by Crippen LogP contribution is 2.50. The number of ether oxygens (including phenoxy) is 2. The standard InChI is InChI=1S/C30H28NO3PS/c1-36(2,29-15-16-30(25(17-29)18-31)24-7-3-22(19-32)4-8-24)21-34-27-11-9-26(10-12-27)33-20-23-5-13-28(35)14-6-23/h3-17,19H,20-21,35H2,1-2H3. The molecule has 0 bridgehead atoms. The topological polar surface area (TPSA) is 59.3 Å². The zero-order valence-electron chi connectivity index (χ0n) is 20.3. The fourth-order valence-electron chi connectivity index (χ4n) is 3.65. The number of rotatable bonds is 9. The van der Waals surface area contributed by atoms with Crippen LogP contribution in [0.4, 0.5) is 0 Å². The predicted octanol–water partition coefficient (Wildman–Crippen LogP) is 6.58. The Morgan fingerprint density at radius 3 is 2.11 bits per heavy atom. The summed E-state index contributed by atoms with van der Waals surface area (Å²) in [6.07, 6.45) is 5.18. The van der Waals surface area contributed by atoms with Crippen LogP contribution in [0.3, 0.4) is 0 Å². The Bertz CT molecular complexity index is 1380. The second-order valence-corrected chi connectivity index (χ2v) is 13.3. The zero-order chi connectivity index (χ0) is 25.5. The van der Waals surface area contributed by atoms with Gasteiger partial charge in [0.2, 0.25) is 0 Å². The highest BCUT2D eigenvalue weighted by atomic mass is 32.3. The van der Waals surface area contributed by atoms with Gasteiger partial charge in [0, 0.05) is 5.56 Å². The van der Waals surface area contributed by atoms with E-state index in [0.29, 0.717) is 23.7 Å². The largest absolute Gasteiger partial charge is 0.489 e. The van der Waals surface area contributed by atoms with Crippen molar-refractivity contribution in [1.82, 2.24) is 0 Å². The van der Waals surface area contributed by atoms with Gasteiger partial charge in [0.05, 0.1) is 11.6 Å². The lowest BCUT2D eigenvalue weighted by Crippen LogP contribution is -2.09. The highest BCUT2D eigenvalue weighted by molar-refractivity contribution is 8.32. The third-order valence-electron chi connectivity index (χ3n) is 5.84. The van der Waals surface area contributed by atoms with Crippen LogP contribution < -0.4 is 14.8 Å². The molecule has 4 nitrogen and oxygen atoms in total. The number of hydrogen-bond donors (Lipinski definition) is 0. The number of carbonyl (C=O) groups is 1. The lowest BCUT2D eigenvalue weighted by molar-refractivity contribution is 0.112. The Morgan fingerprint density at radius 2 is 1.50 bits per heavy atom. The van der Waals surface area contributed by atoms with Crippen LogP contribution in [0, 0.1) is 11.3 Å². The summed E-state index contributed by atoms with van der Waals surface area (Å²) in [4.78, 5) is 12.0. The van der Waals surface area contributed by atoms with Gasteiger partial charge in [0.15, 0.2) is 0 Å². The maximum absolute atomic E-state index is 10.9. The van der Waals surface area contributed by atoms with E-state index in [9.17, 15) is 10.1 Å². The summed E-state index contributed by atoms with van der Waals surface area (Å²) in [7, 11) is 1.37. The molecule has 0 spiro atoms. The Balaban J connectivity index is 1.39. The number of aldehydes is 1. The molecule has 0 amide bonds. The van der Waals surface area contributed by atoms with Gasteiger partial charge in [0.25, 0.3) is 0 Å². The van der Waals surface area contributed by atoms with Gasteiger partial charge in [-0.2, -0.15) is 15.3 Å². The molecule has 0 saturated carbocycles. The van der Waals surface area contributed by atoms with E-state index in [1.165, 1.54) is 0 Å². The number of nitriles is 1. The van der Waals surface area contributed by atoms with E-state index >= 15 is 0 Å². The van der Waals surface area contributed by atoms with Crippen LogP contribution in [-0.4, -0.2) is 24.7 Å². The van der Waals surface area contributed by atoms with Crippen molar-refractivity contribution in [3.8, 4) is 28.7 Å². The molecule has 0 aliphatic carbocycles. The third-order valence-corrected chi connectivity index (χ3v) is 8.46. The monoisotopic (exact) mass is 513 g/mol.